The summed E-state index contributed by atoms with van der Waals surface area (Å²) in [5.41, 5.74) is 3.05. The lowest BCUT2D eigenvalue weighted by Gasteiger charge is -2.22. The first-order valence-electron chi connectivity index (χ1n) is 8.24. The highest BCUT2D eigenvalue weighted by Gasteiger charge is 2.17. The fourth-order valence-corrected chi connectivity index (χ4v) is 3.30. The van der Waals surface area contributed by atoms with Crippen LogP contribution in [0.1, 0.15) is 6.42 Å². The number of anilines is 1. The summed E-state index contributed by atoms with van der Waals surface area (Å²) in [5.74, 6) is 1.01. The fourth-order valence-electron chi connectivity index (χ4n) is 3.17. The molecular formula is C18H20ClN5. The van der Waals surface area contributed by atoms with Gasteiger partial charge in [0, 0.05) is 42.6 Å². The maximum Gasteiger partial charge on any atom is 0.154 e. The molecule has 0 unspecified atom stereocenters. The summed E-state index contributed by atoms with van der Waals surface area (Å²) in [5, 5.41) is 5.44. The standard InChI is InChI=1S/C18H20ClN5/c1-22-8-2-9-23(12-11-22)18-17-13-16(21-24(17)10-7-20-18)14-3-5-15(19)6-4-14/h3-7,10,13H,2,8-9,11-12H2,1H3. The van der Waals surface area contributed by atoms with Crippen LogP contribution in [0.5, 0.6) is 0 Å². The van der Waals surface area contributed by atoms with Crippen molar-refractivity contribution in [2.45, 2.75) is 6.42 Å². The van der Waals surface area contributed by atoms with Crippen LogP contribution in [-0.2, 0) is 0 Å². The highest BCUT2D eigenvalue weighted by molar-refractivity contribution is 6.30. The van der Waals surface area contributed by atoms with E-state index in [4.69, 9.17) is 16.7 Å². The van der Waals surface area contributed by atoms with E-state index in [2.05, 4.69) is 27.9 Å². The van der Waals surface area contributed by atoms with Crippen molar-refractivity contribution in [1.29, 1.82) is 0 Å². The van der Waals surface area contributed by atoms with E-state index in [-0.39, 0.29) is 0 Å². The van der Waals surface area contributed by atoms with Gasteiger partial charge in [-0.25, -0.2) is 9.50 Å². The molecule has 0 saturated carbocycles. The maximum atomic E-state index is 5.99. The van der Waals surface area contributed by atoms with Crippen molar-refractivity contribution in [2.75, 3.05) is 38.1 Å². The van der Waals surface area contributed by atoms with Gasteiger partial charge in [0.2, 0.25) is 0 Å². The molecule has 0 spiro atoms. The second kappa shape index (κ2) is 6.42. The third-order valence-corrected chi connectivity index (χ3v) is 4.78. The Kier molecular flexibility index (Phi) is 4.12. The molecule has 3 heterocycles. The van der Waals surface area contributed by atoms with Gasteiger partial charge in [0.1, 0.15) is 5.52 Å². The Morgan fingerprint density at radius 2 is 1.88 bits per heavy atom. The van der Waals surface area contributed by atoms with Gasteiger partial charge < -0.3 is 9.80 Å². The minimum Gasteiger partial charge on any atom is -0.353 e. The Hall–Kier alpha value is -2.11. The predicted octanol–water partition coefficient (Wildman–Crippen LogP) is 3.19. The van der Waals surface area contributed by atoms with E-state index in [1.165, 1.54) is 0 Å². The molecule has 0 aliphatic carbocycles. The van der Waals surface area contributed by atoms with E-state index in [1.54, 1.807) is 0 Å². The lowest BCUT2D eigenvalue weighted by molar-refractivity contribution is 0.360. The Bertz CT molecular complexity index is 842. The van der Waals surface area contributed by atoms with Crippen LogP contribution in [-0.4, -0.2) is 52.7 Å². The van der Waals surface area contributed by atoms with Crippen LogP contribution in [0, 0.1) is 0 Å². The molecule has 5 nitrogen and oxygen atoms in total. The molecule has 1 fully saturated rings. The molecule has 4 rings (SSSR count). The lowest BCUT2D eigenvalue weighted by atomic mass is 10.1. The highest BCUT2D eigenvalue weighted by atomic mass is 35.5. The summed E-state index contributed by atoms with van der Waals surface area (Å²) in [6.07, 6.45) is 4.88. The molecule has 0 N–H and O–H groups in total. The van der Waals surface area contributed by atoms with Gasteiger partial charge in [-0.2, -0.15) is 5.10 Å². The number of aromatic nitrogens is 3. The van der Waals surface area contributed by atoms with Crippen LogP contribution in [0.3, 0.4) is 0 Å². The van der Waals surface area contributed by atoms with Crippen molar-refractivity contribution >= 4 is 22.9 Å². The highest BCUT2D eigenvalue weighted by Crippen LogP contribution is 2.26. The summed E-state index contributed by atoms with van der Waals surface area (Å²) in [6.45, 7) is 4.21. The number of rotatable bonds is 2. The summed E-state index contributed by atoms with van der Waals surface area (Å²) in [4.78, 5) is 9.38. The first kappa shape index (κ1) is 15.4. The smallest absolute Gasteiger partial charge is 0.154 e. The molecule has 124 valence electrons. The van der Waals surface area contributed by atoms with Gasteiger partial charge in [-0.15, -0.1) is 0 Å². The number of benzene rings is 1. The summed E-state index contributed by atoms with van der Waals surface area (Å²) in [6, 6.07) is 9.89. The third kappa shape index (κ3) is 2.97. The third-order valence-electron chi connectivity index (χ3n) is 4.53. The molecule has 2 aromatic heterocycles. The average molecular weight is 342 g/mol. The summed E-state index contributed by atoms with van der Waals surface area (Å²) < 4.78 is 1.92. The van der Waals surface area contributed by atoms with Gasteiger partial charge in [0.25, 0.3) is 0 Å². The van der Waals surface area contributed by atoms with Gasteiger partial charge in [-0.05, 0) is 38.2 Å². The minimum absolute atomic E-state index is 0.735. The van der Waals surface area contributed by atoms with E-state index in [9.17, 15) is 0 Å². The zero-order chi connectivity index (χ0) is 16.5. The van der Waals surface area contributed by atoms with E-state index in [0.29, 0.717) is 0 Å². The molecule has 0 radical (unpaired) electrons. The number of hydrogen-bond donors (Lipinski definition) is 0. The Morgan fingerprint density at radius 1 is 1.04 bits per heavy atom. The lowest BCUT2D eigenvalue weighted by Crippen LogP contribution is -2.29. The topological polar surface area (TPSA) is 36.7 Å². The molecule has 1 aromatic carbocycles. The Balaban J connectivity index is 1.73. The molecule has 0 bridgehead atoms. The second-order valence-electron chi connectivity index (χ2n) is 6.26. The van der Waals surface area contributed by atoms with Gasteiger partial charge in [0.05, 0.1) is 5.69 Å². The Morgan fingerprint density at radius 3 is 2.71 bits per heavy atom. The zero-order valence-electron chi connectivity index (χ0n) is 13.7. The maximum absolute atomic E-state index is 5.99. The van der Waals surface area contributed by atoms with E-state index in [1.807, 2.05) is 41.2 Å². The average Bonchev–Trinajstić information content (AvgIpc) is 2.91. The fraction of sp³-hybridized carbons (Fsp3) is 0.333. The monoisotopic (exact) mass is 341 g/mol. The SMILES string of the molecule is CN1CCCN(c2nccn3nc(-c4ccc(Cl)cc4)cc23)CC1. The van der Waals surface area contributed by atoms with Crippen molar-refractivity contribution in [3.05, 3.63) is 47.7 Å². The van der Waals surface area contributed by atoms with Crippen molar-refractivity contribution in [3.8, 4) is 11.3 Å². The largest absolute Gasteiger partial charge is 0.353 e. The quantitative estimate of drug-likeness (QED) is 0.717. The van der Waals surface area contributed by atoms with Crippen molar-refractivity contribution in [2.24, 2.45) is 0 Å². The molecular weight excluding hydrogens is 322 g/mol. The predicted molar refractivity (Wildman–Crippen MR) is 97.8 cm³/mol. The first-order valence-corrected chi connectivity index (χ1v) is 8.62. The number of halogens is 1. The number of nitrogens with zero attached hydrogens (tertiary/aromatic N) is 5. The van der Waals surface area contributed by atoms with Crippen molar-refractivity contribution in [1.82, 2.24) is 19.5 Å². The van der Waals surface area contributed by atoms with Gasteiger partial charge in [0.15, 0.2) is 5.82 Å². The van der Waals surface area contributed by atoms with E-state index in [0.717, 1.165) is 60.2 Å². The van der Waals surface area contributed by atoms with Crippen LogP contribution in [0.2, 0.25) is 5.02 Å². The first-order chi connectivity index (χ1) is 11.7. The summed E-state index contributed by atoms with van der Waals surface area (Å²) in [7, 11) is 2.18. The zero-order valence-corrected chi connectivity index (χ0v) is 14.4. The molecule has 3 aromatic rings. The molecule has 0 amide bonds. The van der Waals surface area contributed by atoms with Crippen LogP contribution in [0.15, 0.2) is 42.7 Å². The molecule has 24 heavy (non-hydrogen) atoms. The van der Waals surface area contributed by atoms with Crippen LogP contribution < -0.4 is 4.90 Å². The Labute approximate surface area is 146 Å². The van der Waals surface area contributed by atoms with Crippen molar-refractivity contribution in [3.63, 3.8) is 0 Å². The van der Waals surface area contributed by atoms with Gasteiger partial charge >= 0.3 is 0 Å². The normalized spacial score (nSPS) is 16.5. The summed E-state index contributed by atoms with van der Waals surface area (Å²) >= 11 is 5.99. The molecule has 0 atom stereocenters. The van der Waals surface area contributed by atoms with Gasteiger partial charge in [-0.1, -0.05) is 23.7 Å². The second-order valence-corrected chi connectivity index (χ2v) is 6.70. The van der Waals surface area contributed by atoms with E-state index >= 15 is 0 Å². The van der Waals surface area contributed by atoms with E-state index < -0.39 is 0 Å². The molecule has 1 aliphatic heterocycles. The minimum atomic E-state index is 0.735. The molecule has 1 aliphatic rings. The van der Waals surface area contributed by atoms with Gasteiger partial charge in [-0.3, -0.25) is 0 Å². The molecule has 6 heteroatoms. The number of likely N-dealkylation sites (N-methyl/N-ethyl adjacent to an activating group) is 1. The number of hydrogen-bond acceptors (Lipinski definition) is 4. The van der Waals surface area contributed by atoms with Crippen LogP contribution in [0.25, 0.3) is 16.8 Å². The molecule has 1 saturated heterocycles. The van der Waals surface area contributed by atoms with Crippen molar-refractivity contribution < 1.29 is 0 Å². The van der Waals surface area contributed by atoms with Crippen LogP contribution >= 0.6 is 11.6 Å². The number of fused-ring (bicyclic) bond motifs is 1. The van der Waals surface area contributed by atoms with Crippen LogP contribution in [0.4, 0.5) is 5.82 Å².